The molecular formula is C22H27N7O. The molecule has 1 aromatic carbocycles. The lowest BCUT2D eigenvalue weighted by Gasteiger charge is -2.28. The summed E-state index contributed by atoms with van der Waals surface area (Å²) in [6.45, 7) is 2.34. The first-order chi connectivity index (χ1) is 14.7. The molecule has 8 heteroatoms. The van der Waals surface area contributed by atoms with Crippen LogP contribution in [0.2, 0.25) is 0 Å². The predicted octanol–water partition coefficient (Wildman–Crippen LogP) is 2.93. The largest absolute Gasteiger partial charge is 0.344 e. The van der Waals surface area contributed by atoms with Crippen molar-refractivity contribution in [3.63, 3.8) is 0 Å². The van der Waals surface area contributed by atoms with Crippen LogP contribution in [-0.2, 0) is 11.3 Å². The van der Waals surface area contributed by atoms with Crippen molar-refractivity contribution < 1.29 is 4.79 Å². The molecule has 0 spiro atoms. The second-order valence-electron chi connectivity index (χ2n) is 7.50. The SMILES string of the molecule is CN(CCCn1ccnc1)C(=O)[C@@H]1CCCN1c1nccc(Nc2ccccc2)n1. The normalized spacial score (nSPS) is 15.9. The van der Waals surface area contributed by atoms with Crippen LogP contribution >= 0.6 is 0 Å². The Hall–Kier alpha value is -3.42. The molecule has 1 saturated heterocycles. The Morgan fingerprint density at radius 3 is 2.90 bits per heavy atom. The summed E-state index contributed by atoms with van der Waals surface area (Å²) in [7, 11) is 1.88. The number of amides is 1. The third-order valence-corrected chi connectivity index (χ3v) is 5.33. The maximum absolute atomic E-state index is 13.1. The maximum atomic E-state index is 13.1. The molecule has 1 aliphatic rings. The van der Waals surface area contributed by atoms with Gasteiger partial charge in [0.05, 0.1) is 6.33 Å². The van der Waals surface area contributed by atoms with Crippen LogP contribution in [0.3, 0.4) is 0 Å². The fourth-order valence-electron chi connectivity index (χ4n) is 3.76. The van der Waals surface area contributed by atoms with Crippen LogP contribution in [0.4, 0.5) is 17.5 Å². The smallest absolute Gasteiger partial charge is 0.245 e. The number of hydrogen-bond acceptors (Lipinski definition) is 6. The second kappa shape index (κ2) is 9.39. The molecule has 1 N–H and O–H groups in total. The summed E-state index contributed by atoms with van der Waals surface area (Å²) < 4.78 is 2.03. The van der Waals surface area contributed by atoms with Gasteiger partial charge in [-0.2, -0.15) is 4.98 Å². The van der Waals surface area contributed by atoms with E-state index in [1.54, 1.807) is 18.7 Å². The first-order valence-corrected chi connectivity index (χ1v) is 10.3. The standard InChI is InChI=1S/C22H27N7O/c1-27(13-6-14-28-16-12-23-17-28)21(30)19-9-5-15-29(19)22-24-11-10-20(26-22)25-18-7-3-2-4-8-18/h2-4,7-8,10-12,16-17,19H,5-6,9,13-15H2,1H3,(H,24,25,26)/t19-/m0/s1. The van der Waals surface area contributed by atoms with Gasteiger partial charge < -0.3 is 19.7 Å². The van der Waals surface area contributed by atoms with Crippen LogP contribution in [0.1, 0.15) is 19.3 Å². The van der Waals surface area contributed by atoms with E-state index in [9.17, 15) is 4.79 Å². The van der Waals surface area contributed by atoms with E-state index in [1.165, 1.54) is 0 Å². The highest BCUT2D eigenvalue weighted by Gasteiger charge is 2.34. The third kappa shape index (κ3) is 4.76. The van der Waals surface area contributed by atoms with Gasteiger partial charge in [-0.3, -0.25) is 4.79 Å². The predicted molar refractivity (Wildman–Crippen MR) is 117 cm³/mol. The average Bonchev–Trinajstić information content (AvgIpc) is 3.46. The zero-order valence-electron chi connectivity index (χ0n) is 17.2. The molecule has 8 nitrogen and oxygen atoms in total. The number of rotatable bonds is 8. The maximum Gasteiger partial charge on any atom is 0.245 e. The zero-order valence-corrected chi connectivity index (χ0v) is 17.2. The third-order valence-electron chi connectivity index (χ3n) is 5.33. The Kier molecular flexibility index (Phi) is 6.22. The Morgan fingerprint density at radius 1 is 1.23 bits per heavy atom. The number of benzene rings is 1. The van der Waals surface area contributed by atoms with Crippen LogP contribution in [0.5, 0.6) is 0 Å². The number of carbonyl (C=O) groups excluding carboxylic acids is 1. The van der Waals surface area contributed by atoms with Crippen molar-refractivity contribution in [2.24, 2.45) is 0 Å². The van der Waals surface area contributed by atoms with Gasteiger partial charge in [0.2, 0.25) is 11.9 Å². The zero-order chi connectivity index (χ0) is 20.8. The van der Waals surface area contributed by atoms with Crippen LogP contribution in [0.15, 0.2) is 61.3 Å². The molecule has 0 radical (unpaired) electrons. The molecule has 1 amide bonds. The number of carbonyl (C=O) groups is 1. The van der Waals surface area contributed by atoms with Gasteiger partial charge in [-0.15, -0.1) is 0 Å². The number of para-hydroxylation sites is 1. The van der Waals surface area contributed by atoms with Gasteiger partial charge in [-0.05, 0) is 37.5 Å². The number of likely N-dealkylation sites (N-methyl/N-ethyl adjacent to an activating group) is 1. The fourth-order valence-corrected chi connectivity index (χ4v) is 3.76. The van der Waals surface area contributed by atoms with Crippen molar-refractivity contribution >= 4 is 23.4 Å². The van der Waals surface area contributed by atoms with E-state index in [-0.39, 0.29) is 11.9 Å². The highest BCUT2D eigenvalue weighted by molar-refractivity contribution is 5.85. The van der Waals surface area contributed by atoms with E-state index in [2.05, 4.69) is 20.3 Å². The van der Waals surface area contributed by atoms with Crippen molar-refractivity contribution in [3.05, 3.63) is 61.3 Å². The van der Waals surface area contributed by atoms with E-state index in [1.807, 2.05) is 64.0 Å². The summed E-state index contributed by atoms with van der Waals surface area (Å²) in [4.78, 5) is 30.1. The number of nitrogens with one attached hydrogen (secondary N) is 1. The molecule has 1 atom stereocenters. The van der Waals surface area contributed by atoms with Gasteiger partial charge in [0, 0.05) is 51.0 Å². The number of aryl methyl sites for hydroxylation is 1. The topological polar surface area (TPSA) is 79.2 Å². The van der Waals surface area contributed by atoms with Crippen LogP contribution in [-0.4, -0.2) is 56.5 Å². The summed E-state index contributed by atoms with van der Waals surface area (Å²) in [6.07, 6.45) is 9.92. The molecule has 0 unspecified atom stereocenters. The van der Waals surface area contributed by atoms with E-state index >= 15 is 0 Å². The molecule has 0 bridgehead atoms. The van der Waals surface area contributed by atoms with Crippen LogP contribution in [0.25, 0.3) is 0 Å². The fraction of sp³-hybridized carbons (Fsp3) is 0.364. The summed E-state index contributed by atoms with van der Waals surface area (Å²) in [6, 6.07) is 11.5. The molecule has 1 fully saturated rings. The van der Waals surface area contributed by atoms with Crippen LogP contribution < -0.4 is 10.2 Å². The van der Waals surface area contributed by atoms with Crippen molar-refractivity contribution in [2.75, 3.05) is 30.4 Å². The molecule has 0 saturated carbocycles. The summed E-state index contributed by atoms with van der Waals surface area (Å²) >= 11 is 0. The average molecular weight is 406 g/mol. The van der Waals surface area contributed by atoms with Gasteiger partial charge in [-0.1, -0.05) is 18.2 Å². The number of aromatic nitrogens is 4. The van der Waals surface area contributed by atoms with Crippen molar-refractivity contribution in [2.45, 2.75) is 31.8 Å². The van der Waals surface area contributed by atoms with E-state index in [0.717, 1.165) is 43.9 Å². The molecule has 156 valence electrons. The van der Waals surface area contributed by atoms with E-state index in [0.29, 0.717) is 12.5 Å². The van der Waals surface area contributed by atoms with Gasteiger partial charge in [0.25, 0.3) is 0 Å². The number of anilines is 3. The Balaban J connectivity index is 1.39. The Labute approximate surface area is 176 Å². The quantitative estimate of drug-likeness (QED) is 0.621. The highest BCUT2D eigenvalue weighted by atomic mass is 16.2. The Bertz CT molecular complexity index is 945. The summed E-state index contributed by atoms with van der Waals surface area (Å²) in [5.41, 5.74) is 0.967. The molecule has 4 rings (SSSR count). The molecule has 3 aromatic rings. The monoisotopic (exact) mass is 405 g/mol. The molecule has 1 aliphatic heterocycles. The molecule has 0 aliphatic carbocycles. The first kappa shape index (κ1) is 19.9. The number of hydrogen-bond donors (Lipinski definition) is 1. The van der Waals surface area contributed by atoms with Crippen molar-refractivity contribution in [1.29, 1.82) is 0 Å². The van der Waals surface area contributed by atoms with Gasteiger partial charge in [0.1, 0.15) is 11.9 Å². The summed E-state index contributed by atoms with van der Waals surface area (Å²) in [5, 5.41) is 3.30. The highest BCUT2D eigenvalue weighted by Crippen LogP contribution is 2.25. The van der Waals surface area contributed by atoms with E-state index in [4.69, 9.17) is 0 Å². The number of nitrogens with zero attached hydrogens (tertiary/aromatic N) is 6. The minimum atomic E-state index is -0.213. The van der Waals surface area contributed by atoms with Gasteiger partial charge >= 0.3 is 0 Å². The van der Waals surface area contributed by atoms with E-state index < -0.39 is 0 Å². The lowest BCUT2D eigenvalue weighted by molar-refractivity contribution is -0.131. The van der Waals surface area contributed by atoms with Crippen molar-refractivity contribution in [1.82, 2.24) is 24.4 Å². The summed E-state index contributed by atoms with van der Waals surface area (Å²) in [5.74, 6) is 1.44. The molecule has 30 heavy (non-hydrogen) atoms. The number of imidazole rings is 1. The molecule has 3 heterocycles. The minimum Gasteiger partial charge on any atom is -0.344 e. The first-order valence-electron chi connectivity index (χ1n) is 10.3. The van der Waals surface area contributed by atoms with Gasteiger partial charge in [-0.25, -0.2) is 9.97 Å². The Morgan fingerprint density at radius 2 is 2.10 bits per heavy atom. The minimum absolute atomic E-state index is 0.128. The van der Waals surface area contributed by atoms with Gasteiger partial charge in [0.15, 0.2) is 0 Å². The molecule has 2 aromatic heterocycles. The lowest BCUT2D eigenvalue weighted by atomic mass is 10.2. The lowest BCUT2D eigenvalue weighted by Crippen LogP contribution is -2.45. The molecular weight excluding hydrogens is 378 g/mol. The van der Waals surface area contributed by atoms with Crippen molar-refractivity contribution in [3.8, 4) is 0 Å². The second-order valence-corrected chi connectivity index (χ2v) is 7.50. The van der Waals surface area contributed by atoms with Crippen LogP contribution in [0, 0.1) is 0 Å².